The molecule has 1 atom stereocenters. The number of piperidine rings is 2. The molecule has 2 aromatic carbocycles. The van der Waals surface area contributed by atoms with Gasteiger partial charge in [0.2, 0.25) is 0 Å². The first-order valence-electron chi connectivity index (χ1n) is 17.7. The first-order valence-corrected chi connectivity index (χ1v) is 17.7. The molecule has 49 heavy (non-hydrogen) atoms. The Kier molecular flexibility index (Phi) is 9.64. The lowest BCUT2D eigenvalue weighted by molar-refractivity contribution is -0.143. The van der Waals surface area contributed by atoms with Gasteiger partial charge in [-0.25, -0.2) is 14.4 Å². The summed E-state index contributed by atoms with van der Waals surface area (Å²) >= 11 is 0. The largest absolute Gasteiger partial charge is 0.436 e. The summed E-state index contributed by atoms with van der Waals surface area (Å²) in [6.07, 6.45) is 2.85. The van der Waals surface area contributed by atoms with Crippen LogP contribution < -0.4 is 16.4 Å². The van der Waals surface area contributed by atoms with Crippen molar-refractivity contribution in [3.63, 3.8) is 0 Å². The molecule has 0 radical (unpaired) electrons. The molecule has 4 aliphatic rings. The zero-order valence-electron chi connectivity index (χ0n) is 28.5. The average Bonchev–Trinajstić information content (AvgIpc) is 3.30. The van der Waals surface area contributed by atoms with Gasteiger partial charge in [0.05, 0.1) is 5.52 Å². The van der Waals surface area contributed by atoms with Gasteiger partial charge in [-0.1, -0.05) is 24.3 Å². The number of hydrogen-bond acceptors (Lipinski definition) is 8. The summed E-state index contributed by atoms with van der Waals surface area (Å²) in [5.74, 6) is -0.659. The quantitative estimate of drug-likeness (QED) is 0.409. The molecule has 4 amide bonds. The van der Waals surface area contributed by atoms with E-state index in [1.54, 1.807) is 18.0 Å². The van der Waals surface area contributed by atoms with Crippen LogP contribution in [0.4, 0.5) is 15.3 Å². The summed E-state index contributed by atoms with van der Waals surface area (Å²) in [6, 6.07) is 12.0. The van der Waals surface area contributed by atoms with Gasteiger partial charge in [-0.3, -0.25) is 14.3 Å². The summed E-state index contributed by atoms with van der Waals surface area (Å²) < 4.78 is 13.0. The molecule has 0 saturated carbocycles. The van der Waals surface area contributed by atoms with Crippen molar-refractivity contribution in [2.24, 2.45) is 7.05 Å². The molecule has 3 aromatic rings. The number of nitrogens with one attached hydrogen (secondary N) is 2. The van der Waals surface area contributed by atoms with Crippen molar-refractivity contribution in [2.45, 2.75) is 63.6 Å². The third-order valence-electron chi connectivity index (χ3n) is 10.8. The SMILES string of the molecule is Cc1cc(CC(OC(=O)N2CCC(N3CCc4ccccc4NC3=O)CC2)C(=O)N2CCN(C3CCNCC3)CC2)cc2oc(=O)n(C)c12. The van der Waals surface area contributed by atoms with Crippen molar-refractivity contribution in [3.05, 3.63) is 63.6 Å². The number of anilines is 1. The van der Waals surface area contributed by atoms with Crippen LogP contribution in [0.15, 0.2) is 45.6 Å². The van der Waals surface area contributed by atoms with E-state index in [0.29, 0.717) is 62.7 Å². The molecule has 5 heterocycles. The maximum Gasteiger partial charge on any atom is 0.419 e. The number of nitrogens with zero attached hydrogens (tertiary/aromatic N) is 5. The van der Waals surface area contributed by atoms with Crippen LogP contribution in [0.1, 0.15) is 42.4 Å². The highest BCUT2D eigenvalue weighted by atomic mass is 16.6. The summed E-state index contributed by atoms with van der Waals surface area (Å²) in [6.45, 7) is 8.15. The van der Waals surface area contributed by atoms with Crippen molar-refractivity contribution in [2.75, 3.05) is 64.2 Å². The fourth-order valence-electron chi connectivity index (χ4n) is 8.07. The van der Waals surface area contributed by atoms with Crippen LogP contribution in [0, 0.1) is 6.92 Å². The number of piperazine rings is 1. The van der Waals surface area contributed by atoms with E-state index in [0.717, 1.165) is 67.8 Å². The molecule has 4 aliphatic heterocycles. The Bertz CT molecular complexity index is 1750. The molecule has 262 valence electrons. The molecule has 0 spiro atoms. The van der Waals surface area contributed by atoms with Crippen LogP contribution >= 0.6 is 0 Å². The van der Waals surface area contributed by atoms with E-state index in [1.807, 2.05) is 47.1 Å². The van der Waals surface area contributed by atoms with Gasteiger partial charge in [0.1, 0.15) is 0 Å². The number of amides is 4. The molecule has 1 aromatic heterocycles. The van der Waals surface area contributed by atoms with Gasteiger partial charge in [0, 0.05) is 77.1 Å². The topological polar surface area (TPSA) is 133 Å². The van der Waals surface area contributed by atoms with Gasteiger partial charge in [0.15, 0.2) is 11.7 Å². The van der Waals surface area contributed by atoms with Crippen LogP contribution in [0.3, 0.4) is 0 Å². The van der Waals surface area contributed by atoms with E-state index in [4.69, 9.17) is 9.15 Å². The summed E-state index contributed by atoms with van der Waals surface area (Å²) in [5.41, 5.74) is 4.71. The number of likely N-dealkylation sites (tertiary alicyclic amines) is 1. The highest BCUT2D eigenvalue weighted by molar-refractivity contribution is 5.91. The van der Waals surface area contributed by atoms with Gasteiger partial charge >= 0.3 is 17.9 Å². The van der Waals surface area contributed by atoms with Crippen LogP contribution in [-0.2, 0) is 29.4 Å². The standard InChI is InChI=1S/C36H47N7O6/c1-24-21-25(22-30-32(24)39(2)35(46)48-30)23-31(33(44)41-19-17-40(18-20-41)27-7-12-37-13-8-27)49-36(47)42-14-10-28(11-15-42)43-16-9-26-5-3-4-6-29(26)38-34(43)45/h3-6,21-22,27-28,31,37H,7-20,23H2,1-2H3,(H,38,45). The lowest BCUT2D eigenvalue weighted by Gasteiger charge is -2.41. The van der Waals surface area contributed by atoms with Crippen LogP contribution in [0.25, 0.3) is 11.1 Å². The van der Waals surface area contributed by atoms with Crippen LogP contribution in [-0.4, -0.2) is 119 Å². The Morgan fingerprint density at radius 1 is 0.918 bits per heavy atom. The highest BCUT2D eigenvalue weighted by Crippen LogP contribution is 2.26. The summed E-state index contributed by atoms with van der Waals surface area (Å²) in [4.78, 5) is 61.0. The van der Waals surface area contributed by atoms with Gasteiger partial charge < -0.3 is 34.5 Å². The number of hydrogen-bond donors (Lipinski definition) is 2. The molecule has 13 heteroatoms. The molecule has 1 unspecified atom stereocenters. The Balaban J connectivity index is 1.02. The number of carbonyl (C=O) groups is 3. The Morgan fingerprint density at radius 3 is 2.41 bits per heavy atom. The van der Waals surface area contributed by atoms with Crippen LogP contribution in [0.2, 0.25) is 0 Å². The maximum absolute atomic E-state index is 14.1. The van der Waals surface area contributed by atoms with Gasteiger partial charge in [-0.05, 0) is 80.9 Å². The molecule has 3 fully saturated rings. The number of benzene rings is 2. The number of urea groups is 1. The van der Waals surface area contributed by atoms with Crippen molar-refractivity contribution < 1.29 is 23.5 Å². The van der Waals surface area contributed by atoms with Gasteiger partial charge in [0.25, 0.3) is 5.91 Å². The summed E-state index contributed by atoms with van der Waals surface area (Å²) in [7, 11) is 1.67. The number of para-hydroxylation sites is 1. The number of carbonyl (C=O) groups excluding carboxylic acids is 3. The minimum atomic E-state index is -1.03. The van der Waals surface area contributed by atoms with E-state index in [-0.39, 0.29) is 24.4 Å². The highest BCUT2D eigenvalue weighted by Gasteiger charge is 2.36. The number of aromatic nitrogens is 1. The van der Waals surface area contributed by atoms with Crippen molar-refractivity contribution in [1.82, 2.24) is 29.5 Å². The molecule has 2 N–H and O–H groups in total. The van der Waals surface area contributed by atoms with Crippen LogP contribution in [0.5, 0.6) is 0 Å². The van der Waals surface area contributed by atoms with Crippen molar-refractivity contribution >= 4 is 34.8 Å². The van der Waals surface area contributed by atoms with E-state index in [2.05, 4.69) is 15.5 Å². The van der Waals surface area contributed by atoms with E-state index in [9.17, 15) is 19.2 Å². The maximum atomic E-state index is 14.1. The van der Waals surface area contributed by atoms with E-state index in [1.165, 1.54) is 4.57 Å². The van der Waals surface area contributed by atoms with Gasteiger partial charge in [-0.15, -0.1) is 0 Å². The molecule has 7 rings (SSSR count). The molecular weight excluding hydrogens is 626 g/mol. The fraction of sp³-hybridized carbons (Fsp3) is 0.556. The van der Waals surface area contributed by atoms with Crippen molar-refractivity contribution in [1.29, 1.82) is 0 Å². The molecule has 3 saturated heterocycles. The van der Waals surface area contributed by atoms with Crippen molar-refractivity contribution in [3.8, 4) is 0 Å². The number of ether oxygens (including phenoxy) is 1. The molecule has 0 bridgehead atoms. The van der Waals surface area contributed by atoms with E-state index >= 15 is 0 Å². The smallest absolute Gasteiger partial charge is 0.419 e. The first-order chi connectivity index (χ1) is 23.7. The Hall–Kier alpha value is -4.36. The zero-order valence-corrected chi connectivity index (χ0v) is 28.5. The number of aryl methyl sites for hydroxylation is 2. The second-order valence-electron chi connectivity index (χ2n) is 13.9. The minimum absolute atomic E-state index is 0.00210. The zero-order chi connectivity index (χ0) is 34.1. The monoisotopic (exact) mass is 673 g/mol. The number of fused-ring (bicyclic) bond motifs is 2. The molecule has 0 aliphatic carbocycles. The molecule has 13 nitrogen and oxygen atoms in total. The van der Waals surface area contributed by atoms with Gasteiger partial charge in [-0.2, -0.15) is 0 Å². The summed E-state index contributed by atoms with van der Waals surface area (Å²) in [5, 5.41) is 6.47. The second kappa shape index (κ2) is 14.2. The number of rotatable bonds is 6. The minimum Gasteiger partial charge on any atom is -0.436 e. The lowest BCUT2D eigenvalue weighted by Crippen LogP contribution is -2.56. The normalized spacial score (nSPS) is 20.5. The average molecular weight is 674 g/mol. The third kappa shape index (κ3) is 7.04. The lowest BCUT2D eigenvalue weighted by atomic mass is 10.0. The third-order valence-corrected chi connectivity index (χ3v) is 10.8. The predicted molar refractivity (Wildman–Crippen MR) is 185 cm³/mol. The molecular formula is C36H47N7O6. The Labute approximate surface area is 286 Å². The predicted octanol–water partition coefficient (Wildman–Crippen LogP) is 2.94. The van der Waals surface area contributed by atoms with E-state index < -0.39 is 18.0 Å². The Morgan fingerprint density at radius 2 is 1.65 bits per heavy atom. The first kappa shape index (κ1) is 33.2. The fourth-order valence-corrected chi connectivity index (χ4v) is 8.07. The second-order valence-corrected chi connectivity index (χ2v) is 13.9. The number of oxazole rings is 1.